The number of fused-ring (bicyclic) bond motifs is 3. The van der Waals surface area contributed by atoms with Gasteiger partial charge in [-0.2, -0.15) is 0 Å². The Morgan fingerprint density at radius 3 is 2.20 bits per heavy atom. The molecule has 0 saturated heterocycles. The zero-order valence-electron chi connectivity index (χ0n) is 14.6. The molecule has 3 atom stereocenters. The van der Waals surface area contributed by atoms with E-state index in [1.54, 1.807) is 14.2 Å². The fourth-order valence-corrected chi connectivity index (χ4v) is 4.59. The van der Waals surface area contributed by atoms with E-state index in [9.17, 15) is 0 Å². The molecular weight excluding hydrogens is 380 g/mol. The molecule has 0 radical (unpaired) electrons. The molecule has 1 heterocycles. The Morgan fingerprint density at radius 1 is 0.880 bits per heavy atom. The van der Waals surface area contributed by atoms with Crippen molar-refractivity contribution in [3.63, 3.8) is 0 Å². The Labute approximate surface area is 157 Å². The molecule has 1 aliphatic carbocycles. The summed E-state index contributed by atoms with van der Waals surface area (Å²) in [5.41, 5.74) is 3.57. The van der Waals surface area contributed by atoms with Gasteiger partial charge in [0.1, 0.15) is 17.6 Å². The minimum absolute atomic E-state index is 0.118. The van der Waals surface area contributed by atoms with Crippen molar-refractivity contribution in [2.24, 2.45) is 0 Å². The summed E-state index contributed by atoms with van der Waals surface area (Å²) < 4.78 is 19.2. The molecule has 1 aliphatic heterocycles. The third kappa shape index (κ3) is 2.96. The summed E-state index contributed by atoms with van der Waals surface area (Å²) in [4.78, 5) is 0. The Hall–Kier alpha value is -1.52. The molecule has 1 saturated carbocycles. The predicted octanol–water partition coefficient (Wildman–Crippen LogP) is 5.61. The maximum atomic E-state index is 6.63. The molecular formula is C21H23BrO3. The highest BCUT2D eigenvalue weighted by Crippen LogP contribution is 2.52. The molecule has 4 rings (SSSR count). The van der Waals surface area contributed by atoms with E-state index in [4.69, 9.17) is 14.2 Å². The molecule has 2 aromatic carbocycles. The van der Waals surface area contributed by atoms with Crippen LogP contribution in [0, 0.1) is 0 Å². The van der Waals surface area contributed by atoms with Gasteiger partial charge in [-0.1, -0.05) is 40.9 Å². The maximum absolute atomic E-state index is 6.63. The van der Waals surface area contributed by atoms with Crippen molar-refractivity contribution in [1.29, 1.82) is 0 Å². The largest absolute Gasteiger partial charge is 0.496 e. The lowest BCUT2D eigenvalue weighted by Gasteiger charge is -2.42. The second-order valence-electron chi connectivity index (χ2n) is 6.79. The zero-order chi connectivity index (χ0) is 17.4. The fourth-order valence-electron chi connectivity index (χ4n) is 4.32. The maximum Gasteiger partial charge on any atom is 0.125 e. The Kier molecular flexibility index (Phi) is 4.74. The van der Waals surface area contributed by atoms with Crippen LogP contribution in [-0.2, 0) is 4.74 Å². The molecule has 4 heteroatoms. The van der Waals surface area contributed by atoms with Crippen LogP contribution in [0.2, 0.25) is 0 Å². The summed E-state index contributed by atoms with van der Waals surface area (Å²) in [6.45, 7) is 0. The molecule has 25 heavy (non-hydrogen) atoms. The number of hydrogen-bond acceptors (Lipinski definition) is 3. The molecule has 0 unspecified atom stereocenters. The summed E-state index contributed by atoms with van der Waals surface area (Å²) in [5, 5.41) is 0. The first-order valence-electron chi connectivity index (χ1n) is 8.88. The first kappa shape index (κ1) is 16.9. The van der Waals surface area contributed by atoms with Crippen LogP contribution in [0.25, 0.3) is 0 Å². The van der Waals surface area contributed by atoms with Gasteiger partial charge in [0.25, 0.3) is 0 Å². The highest BCUT2D eigenvalue weighted by Gasteiger charge is 2.41. The normalized spacial score (nSPS) is 25.0. The summed E-state index contributed by atoms with van der Waals surface area (Å²) in [7, 11) is 3.48. The Morgan fingerprint density at radius 2 is 1.52 bits per heavy atom. The van der Waals surface area contributed by atoms with Crippen molar-refractivity contribution in [2.45, 2.75) is 43.8 Å². The second-order valence-corrected chi connectivity index (χ2v) is 7.71. The molecule has 2 aliphatic rings. The van der Waals surface area contributed by atoms with Gasteiger partial charge in [-0.25, -0.2) is 0 Å². The number of rotatable bonds is 3. The van der Waals surface area contributed by atoms with E-state index in [2.05, 4.69) is 40.2 Å². The molecule has 3 nitrogen and oxygen atoms in total. The number of methoxy groups -OCH3 is 2. The van der Waals surface area contributed by atoms with Gasteiger partial charge in [-0.3, -0.25) is 0 Å². The zero-order valence-corrected chi connectivity index (χ0v) is 16.2. The first-order valence-corrected chi connectivity index (χ1v) is 9.68. The number of benzene rings is 2. The van der Waals surface area contributed by atoms with E-state index in [0.717, 1.165) is 39.9 Å². The Balaban J connectivity index is 1.91. The van der Waals surface area contributed by atoms with Gasteiger partial charge in [-0.15, -0.1) is 0 Å². The molecule has 1 fully saturated rings. The van der Waals surface area contributed by atoms with Crippen LogP contribution in [0.5, 0.6) is 11.5 Å². The van der Waals surface area contributed by atoms with Crippen LogP contribution in [0.4, 0.5) is 0 Å². The Bertz CT molecular complexity index is 756. The lowest BCUT2D eigenvalue weighted by Crippen LogP contribution is -2.34. The monoisotopic (exact) mass is 402 g/mol. The van der Waals surface area contributed by atoms with Gasteiger partial charge in [-0.05, 0) is 42.7 Å². The highest BCUT2D eigenvalue weighted by atomic mass is 79.9. The van der Waals surface area contributed by atoms with Crippen molar-refractivity contribution in [2.75, 3.05) is 14.2 Å². The van der Waals surface area contributed by atoms with E-state index in [1.165, 1.54) is 18.4 Å². The lowest BCUT2D eigenvalue weighted by molar-refractivity contribution is -0.0406. The average Bonchev–Trinajstić information content (AvgIpc) is 2.67. The summed E-state index contributed by atoms with van der Waals surface area (Å²) >= 11 is 3.52. The third-order valence-corrected chi connectivity index (χ3v) is 5.99. The van der Waals surface area contributed by atoms with Crippen molar-refractivity contribution >= 4 is 15.9 Å². The highest BCUT2D eigenvalue weighted by molar-refractivity contribution is 9.10. The molecule has 0 bridgehead atoms. The quantitative estimate of drug-likeness (QED) is 0.667. The average molecular weight is 403 g/mol. The van der Waals surface area contributed by atoms with Gasteiger partial charge < -0.3 is 14.2 Å². The predicted molar refractivity (Wildman–Crippen MR) is 102 cm³/mol. The van der Waals surface area contributed by atoms with Crippen LogP contribution in [0.3, 0.4) is 0 Å². The van der Waals surface area contributed by atoms with Crippen LogP contribution >= 0.6 is 15.9 Å². The first-order chi connectivity index (χ1) is 12.2. The van der Waals surface area contributed by atoms with Gasteiger partial charge in [0.15, 0.2) is 0 Å². The van der Waals surface area contributed by atoms with E-state index < -0.39 is 0 Å². The molecule has 0 amide bonds. The van der Waals surface area contributed by atoms with Crippen LogP contribution in [0.1, 0.15) is 54.4 Å². The van der Waals surface area contributed by atoms with E-state index in [-0.39, 0.29) is 12.2 Å². The van der Waals surface area contributed by atoms with E-state index >= 15 is 0 Å². The van der Waals surface area contributed by atoms with E-state index in [0.29, 0.717) is 5.92 Å². The van der Waals surface area contributed by atoms with Crippen LogP contribution < -0.4 is 9.47 Å². The minimum atomic E-state index is -0.118. The van der Waals surface area contributed by atoms with Crippen molar-refractivity contribution in [1.82, 2.24) is 0 Å². The van der Waals surface area contributed by atoms with Crippen molar-refractivity contribution < 1.29 is 14.2 Å². The van der Waals surface area contributed by atoms with Gasteiger partial charge in [0, 0.05) is 21.5 Å². The lowest BCUT2D eigenvalue weighted by atomic mass is 9.75. The number of hydrogen-bond donors (Lipinski definition) is 0. The summed E-state index contributed by atoms with van der Waals surface area (Å²) in [5.74, 6) is 2.23. The van der Waals surface area contributed by atoms with Crippen molar-refractivity contribution in [3.05, 3.63) is 57.6 Å². The van der Waals surface area contributed by atoms with E-state index in [1.807, 2.05) is 12.1 Å². The van der Waals surface area contributed by atoms with Gasteiger partial charge in [0.05, 0.1) is 20.3 Å². The molecule has 132 valence electrons. The number of halogens is 1. The third-order valence-electron chi connectivity index (χ3n) is 5.47. The summed E-state index contributed by atoms with van der Waals surface area (Å²) in [6.07, 6.45) is 4.86. The second kappa shape index (κ2) is 7.00. The molecule has 0 aromatic heterocycles. The number of ether oxygens (including phenoxy) is 3. The topological polar surface area (TPSA) is 27.7 Å². The SMILES string of the molecule is COc1ccc(OC)c2c1[C@@H](c1ccc(Br)cc1)O[C@@H]1CCCC[C@H]21. The van der Waals surface area contributed by atoms with Crippen LogP contribution in [0.15, 0.2) is 40.9 Å². The fraction of sp³-hybridized carbons (Fsp3) is 0.429. The molecule has 0 spiro atoms. The standard InChI is InChI=1S/C21H23BrO3/c1-23-17-11-12-18(24-2)20-19(17)15-5-3-4-6-16(15)25-21(20)13-7-9-14(22)10-8-13/h7-12,15-16,21H,3-6H2,1-2H3/t15-,16+,21+/m0/s1. The van der Waals surface area contributed by atoms with Crippen LogP contribution in [-0.4, -0.2) is 20.3 Å². The molecule has 0 N–H and O–H groups in total. The summed E-state index contributed by atoms with van der Waals surface area (Å²) in [6, 6.07) is 12.4. The minimum Gasteiger partial charge on any atom is -0.496 e. The van der Waals surface area contributed by atoms with Gasteiger partial charge in [0.2, 0.25) is 0 Å². The van der Waals surface area contributed by atoms with Crippen molar-refractivity contribution in [3.8, 4) is 11.5 Å². The van der Waals surface area contributed by atoms with Gasteiger partial charge >= 0.3 is 0 Å². The molecule has 2 aromatic rings. The smallest absolute Gasteiger partial charge is 0.125 e.